The predicted molar refractivity (Wildman–Crippen MR) is 330 cm³/mol. The highest BCUT2D eigenvalue weighted by Crippen LogP contribution is 2.16. The summed E-state index contributed by atoms with van der Waals surface area (Å²) in [5, 5.41) is 0. The van der Waals surface area contributed by atoms with E-state index in [1.165, 1.54) is 135 Å². The van der Waals surface area contributed by atoms with E-state index in [0.29, 0.717) is 19.3 Å². The fraction of sp³-hybridized carbons (Fsp3) is 0.700. The molecule has 0 rings (SSSR count). The quantitative estimate of drug-likeness (QED) is 0.0261. The van der Waals surface area contributed by atoms with Gasteiger partial charge in [-0.1, -0.05) is 265 Å². The molecular weight excluding hydrogens is 937 g/mol. The van der Waals surface area contributed by atoms with Gasteiger partial charge in [-0.2, -0.15) is 0 Å². The largest absolute Gasteiger partial charge is 0.462 e. The summed E-state index contributed by atoms with van der Waals surface area (Å²) in [6.45, 7) is 6.36. The Bertz CT molecular complexity index is 1540. The summed E-state index contributed by atoms with van der Waals surface area (Å²) in [7, 11) is 0. The van der Waals surface area contributed by atoms with Crippen LogP contribution in [0.4, 0.5) is 0 Å². The van der Waals surface area contributed by atoms with E-state index in [1.54, 1.807) is 0 Å². The Balaban J connectivity index is 4.19. The SMILES string of the molecule is CC/C=C\C/C=C\C/C=C\C/C=C\CCCCCCCCCCCCCCCCCCCCC(=O)OCC(COC(=O)CCCCCCC/C=C\CCCCC)OC(=O)CCCC/C=C\C/C=C\C/C=C\C/C=C\CC. The van der Waals surface area contributed by atoms with Crippen LogP contribution in [0.15, 0.2) is 109 Å². The molecule has 0 fully saturated rings. The maximum atomic E-state index is 12.8. The number of hydrogen-bond donors (Lipinski definition) is 0. The van der Waals surface area contributed by atoms with Gasteiger partial charge in [0.2, 0.25) is 0 Å². The monoisotopic (exact) mass is 1050 g/mol. The lowest BCUT2D eigenvalue weighted by molar-refractivity contribution is -0.167. The third kappa shape index (κ3) is 60.9. The molecule has 0 aromatic rings. The van der Waals surface area contributed by atoms with Gasteiger partial charge in [0.05, 0.1) is 0 Å². The average Bonchev–Trinajstić information content (AvgIpc) is 3.42. The molecule has 6 nitrogen and oxygen atoms in total. The van der Waals surface area contributed by atoms with Crippen LogP contribution < -0.4 is 0 Å². The van der Waals surface area contributed by atoms with Gasteiger partial charge in [0.1, 0.15) is 13.2 Å². The highest BCUT2D eigenvalue weighted by Gasteiger charge is 2.19. The summed E-state index contributed by atoms with van der Waals surface area (Å²) in [4.78, 5) is 38.2. The molecule has 0 radical (unpaired) electrons. The van der Waals surface area contributed by atoms with E-state index < -0.39 is 6.10 Å². The minimum absolute atomic E-state index is 0.0958. The van der Waals surface area contributed by atoms with Crippen molar-refractivity contribution in [1.82, 2.24) is 0 Å². The van der Waals surface area contributed by atoms with Crippen LogP contribution in [0.25, 0.3) is 0 Å². The first-order valence-corrected chi connectivity index (χ1v) is 31.9. The number of rotatable bonds is 57. The van der Waals surface area contributed by atoms with Gasteiger partial charge in [0.15, 0.2) is 6.10 Å². The van der Waals surface area contributed by atoms with Crippen LogP contribution in [0.1, 0.15) is 297 Å². The molecule has 0 amide bonds. The number of unbranched alkanes of at least 4 members (excludes halogenated alkanes) is 28. The molecule has 76 heavy (non-hydrogen) atoms. The fourth-order valence-corrected chi connectivity index (χ4v) is 8.77. The smallest absolute Gasteiger partial charge is 0.306 e. The van der Waals surface area contributed by atoms with Crippen LogP contribution in [0.3, 0.4) is 0 Å². The van der Waals surface area contributed by atoms with Gasteiger partial charge in [-0.25, -0.2) is 0 Å². The first kappa shape index (κ1) is 72.1. The second-order valence-electron chi connectivity index (χ2n) is 20.9. The number of hydrogen-bond acceptors (Lipinski definition) is 6. The molecule has 1 atom stereocenters. The van der Waals surface area contributed by atoms with Crippen molar-refractivity contribution >= 4 is 17.9 Å². The standard InChI is InChI=1S/C70H118O6/c1-4-7-10-13-16-19-22-25-27-28-29-30-31-32-33-34-35-36-37-38-39-40-41-42-44-45-48-51-54-57-60-63-69(72)75-66-67(65-74-68(71)62-59-56-53-50-47-24-21-18-15-12-9-6-3)76-70(73)64-61-58-55-52-49-46-43-26-23-20-17-14-11-8-5-2/h7-8,10-11,16-21,25-27,29-30,43,49,52,67H,4-6,9,12-15,22-24,28,31-42,44-48,50-51,53-66H2,1-3H3/b10-7-,11-8-,19-16-,20-17-,21-18-,27-25-,30-29-,43-26-,52-49-. The third-order valence-corrected chi connectivity index (χ3v) is 13.5. The van der Waals surface area contributed by atoms with E-state index >= 15 is 0 Å². The zero-order valence-electron chi connectivity index (χ0n) is 49.7. The fourth-order valence-electron chi connectivity index (χ4n) is 8.77. The van der Waals surface area contributed by atoms with Gasteiger partial charge < -0.3 is 14.2 Å². The molecule has 0 aromatic heterocycles. The van der Waals surface area contributed by atoms with Crippen molar-refractivity contribution in [3.8, 4) is 0 Å². The van der Waals surface area contributed by atoms with Crippen LogP contribution in [0, 0.1) is 0 Å². The second-order valence-corrected chi connectivity index (χ2v) is 20.9. The van der Waals surface area contributed by atoms with Gasteiger partial charge in [-0.15, -0.1) is 0 Å². The lowest BCUT2D eigenvalue weighted by atomic mass is 10.0. The topological polar surface area (TPSA) is 78.9 Å². The molecule has 0 N–H and O–H groups in total. The number of carbonyl (C=O) groups excluding carboxylic acids is 3. The van der Waals surface area contributed by atoms with E-state index in [2.05, 4.69) is 130 Å². The van der Waals surface area contributed by atoms with E-state index in [0.717, 1.165) is 116 Å². The van der Waals surface area contributed by atoms with E-state index in [-0.39, 0.29) is 37.5 Å². The maximum Gasteiger partial charge on any atom is 0.306 e. The molecule has 0 spiro atoms. The lowest BCUT2D eigenvalue weighted by Crippen LogP contribution is -2.30. The Labute approximate surface area is 470 Å². The number of esters is 3. The van der Waals surface area contributed by atoms with Crippen molar-refractivity contribution in [2.75, 3.05) is 13.2 Å². The molecule has 0 heterocycles. The minimum atomic E-state index is -0.803. The third-order valence-electron chi connectivity index (χ3n) is 13.5. The molecule has 6 heteroatoms. The van der Waals surface area contributed by atoms with Crippen molar-refractivity contribution < 1.29 is 28.6 Å². The molecule has 1 unspecified atom stereocenters. The van der Waals surface area contributed by atoms with Gasteiger partial charge in [0, 0.05) is 19.3 Å². The lowest BCUT2D eigenvalue weighted by Gasteiger charge is -2.18. The van der Waals surface area contributed by atoms with E-state index in [4.69, 9.17) is 14.2 Å². The Morgan fingerprint density at radius 1 is 0.276 bits per heavy atom. The minimum Gasteiger partial charge on any atom is -0.462 e. The van der Waals surface area contributed by atoms with E-state index in [1.807, 2.05) is 0 Å². The highest BCUT2D eigenvalue weighted by molar-refractivity contribution is 5.71. The number of allylic oxidation sites excluding steroid dienone is 18. The highest BCUT2D eigenvalue weighted by atomic mass is 16.6. The van der Waals surface area contributed by atoms with Crippen LogP contribution in [0.5, 0.6) is 0 Å². The summed E-state index contributed by atoms with van der Waals surface area (Å²) >= 11 is 0. The normalized spacial score (nSPS) is 12.8. The van der Waals surface area contributed by atoms with Crippen LogP contribution in [-0.4, -0.2) is 37.2 Å². The number of ether oxygens (including phenoxy) is 3. The van der Waals surface area contributed by atoms with Gasteiger partial charge in [-0.05, 0) is 122 Å². The van der Waals surface area contributed by atoms with Crippen LogP contribution in [0.2, 0.25) is 0 Å². The molecule has 0 aromatic carbocycles. The van der Waals surface area contributed by atoms with Crippen molar-refractivity contribution in [3.63, 3.8) is 0 Å². The van der Waals surface area contributed by atoms with Crippen molar-refractivity contribution in [2.24, 2.45) is 0 Å². The molecule has 0 aliphatic carbocycles. The van der Waals surface area contributed by atoms with Crippen LogP contribution in [-0.2, 0) is 28.6 Å². The Hall–Kier alpha value is -3.93. The van der Waals surface area contributed by atoms with Crippen molar-refractivity contribution in [2.45, 2.75) is 303 Å². The summed E-state index contributed by atoms with van der Waals surface area (Å²) < 4.78 is 16.8. The molecule has 0 aliphatic rings. The predicted octanol–water partition coefficient (Wildman–Crippen LogP) is 21.8. The molecule has 0 bridgehead atoms. The Morgan fingerprint density at radius 3 is 0.842 bits per heavy atom. The van der Waals surface area contributed by atoms with Crippen LogP contribution >= 0.6 is 0 Å². The summed E-state index contributed by atoms with van der Waals surface area (Å²) in [6, 6.07) is 0. The summed E-state index contributed by atoms with van der Waals surface area (Å²) in [6.07, 6.45) is 86.9. The van der Waals surface area contributed by atoms with E-state index in [9.17, 15) is 14.4 Å². The molecular formula is C70H118O6. The zero-order chi connectivity index (χ0) is 55.0. The van der Waals surface area contributed by atoms with Crippen molar-refractivity contribution in [1.29, 1.82) is 0 Å². The Morgan fingerprint density at radius 2 is 0.513 bits per heavy atom. The first-order valence-electron chi connectivity index (χ1n) is 31.9. The Kier molecular flexibility index (Phi) is 60.3. The first-order chi connectivity index (χ1) is 37.5. The summed E-state index contributed by atoms with van der Waals surface area (Å²) in [5.74, 6) is -0.941. The molecule has 434 valence electrons. The average molecular weight is 1060 g/mol. The molecule has 0 saturated carbocycles. The summed E-state index contributed by atoms with van der Waals surface area (Å²) in [5.41, 5.74) is 0. The number of carbonyl (C=O) groups is 3. The van der Waals surface area contributed by atoms with Gasteiger partial charge in [0.25, 0.3) is 0 Å². The van der Waals surface area contributed by atoms with Gasteiger partial charge in [-0.3, -0.25) is 14.4 Å². The second kappa shape index (κ2) is 63.6. The molecule has 0 aliphatic heterocycles. The zero-order valence-corrected chi connectivity index (χ0v) is 49.7. The van der Waals surface area contributed by atoms with Gasteiger partial charge >= 0.3 is 17.9 Å². The molecule has 0 saturated heterocycles. The maximum absolute atomic E-state index is 12.8. The van der Waals surface area contributed by atoms with Crippen molar-refractivity contribution in [3.05, 3.63) is 109 Å².